The second-order valence-corrected chi connectivity index (χ2v) is 4.59. The molecule has 0 aliphatic heterocycles. The van der Waals surface area contributed by atoms with Crippen LogP contribution in [0.25, 0.3) is 0 Å². The molecular formula is C12H20N6. The van der Waals surface area contributed by atoms with E-state index in [2.05, 4.69) is 22.0 Å². The number of hydrogen-bond acceptors (Lipinski definition) is 4. The van der Waals surface area contributed by atoms with Gasteiger partial charge in [0.2, 0.25) is 0 Å². The van der Waals surface area contributed by atoms with Gasteiger partial charge in [-0.15, -0.1) is 0 Å². The normalized spacial score (nSPS) is 11.3. The first-order chi connectivity index (χ1) is 8.67. The van der Waals surface area contributed by atoms with E-state index in [9.17, 15) is 0 Å². The quantitative estimate of drug-likeness (QED) is 0.793. The molecule has 0 saturated heterocycles. The molecule has 0 aromatic carbocycles. The Bertz CT molecular complexity index is 486. The smallest absolute Gasteiger partial charge is 0.0950 e. The third-order valence-electron chi connectivity index (χ3n) is 2.72. The number of rotatable bonds is 6. The van der Waals surface area contributed by atoms with Crippen molar-refractivity contribution in [2.75, 3.05) is 13.6 Å². The maximum atomic E-state index is 5.51. The van der Waals surface area contributed by atoms with E-state index >= 15 is 0 Å². The van der Waals surface area contributed by atoms with Gasteiger partial charge in [0.25, 0.3) is 0 Å². The van der Waals surface area contributed by atoms with E-state index in [4.69, 9.17) is 5.73 Å². The Morgan fingerprint density at radius 2 is 2.17 bits per heavy atom. The number of imidazole rings is 1. The van der Waals surface area contributed by atoms with Crippen molar-refractivity contribution in [3.8, 4) is 0 Å². The standard InChI is InChI=1S/C12H20N6/c1-16(6-11-5-15-17(2)7-11)8-12-9-18(4-3-13)10-14-12/h5,7,9-10H,3-4,6,8,13H2,1-2H3. The highest BCUT2D eigenvalue weighted by atomic mass is 15.2. The highest BCUT2D eigenvalue weighted by molar-refractivity contribution is 5.04. The maximum absolute atomic E-state index is 5.51. The molecule has 98 valence electrons. The fourth-order valence-corrected chi connectivity index (χ4v) is 1.96. The first-order valence-corrected chi connectivity index (χ1v) is 6.04. The van der Waals surface area contributed by atoms with Gasteiger partial charge in [-0.1, -0.05) is 0 Å². The van der Waals surface area contributed by atoms with Crippen LogP contribution in [-0.4, -0.2) is 37.8 Å². The topological polar surface area (TPSA) is 64.9 Å². The molecule has 2 rings (SSSR count). The number of aryl methyl sites for hydroxylation is 1. The van der Waals surface area contributed by atoms with Gasteiger partial charge in [0.05, 0.1) is 18.2 Å². The van der Waals surface area contributed by atoms with Crippen molar-refractivity contribution in [2.45, 2.75) is 19.6 Å². The highest BCUT2D eigenvalue weighted by Gasteiger charge is 2.05. The van der Waals surface area contributed by atoms with Gasteiger partial charge in [-0.3, -0.25) is 9.58 Å². The van der Waals surface area contributed by atoms with Crippen molar-refractivity contribution < 1.29 is 0 Å². The summed E-state index contributed by atoms with van der Waals surface area (Å²) in [5.74, 6) is 0. The summed E-state index contributed by atoms with van der Waals surface area (Å²) in [5, 5.41) is 4.16. The molecule has 2 N–H and O–H groups in total. The Morgan fingerprint density at radius 3 is 2.83 bits per heavy atom. The summed E-state index contributed by atoms with van der Waals surface area (Å²) in [4.78, 5) is 6.58. The van der Waals surface area contributed by atoms with E-state index in [1.54, 1.807) is 0 Å². The molecule has 2 heterocycles. The molecule has 0 unspecified atom stereocenters. The van der Waals surface area contributed by atoms with Crippen LogP contribution in [0, 0.1) is 0 Å². The van der Waals surface area contributed by atoms with Crippen molar-refractivity contribution in [3.63, 3.8) is 0 Å². The molecule has 2 aromatic rings. The zero-order valence-corrected chi connectivity index (χ0v) is 11.0. The lowest BCUT2D eigenvalue weighted by atomic mass is 10.3. The van der Waals surface area contributed by atoms with E-state index in [-0.39, 0.29) is 0 Å². The SMILES string of the molecule is CN(Cc1cnn(C)c1)Cc1cn(CCN)cn1. The summed E-state index contributed by atoms with van der Waals surface area (Å²) in [6, 6.07) is 0. The molecule has 0 bridgehead atoms. The minimum atomic E-state index is 0.640. The zero-order chi connectivity index (χ0) is 13.0. The molecule has 0 spiro atoms. The number of hydrogen-bond donors (Lipinski definition) is 1. The average Bonchev–Trinajstić information content (AvgIpc) is 2.89. The summed E-state index contributed by atoms with van der Waals surface area (Å²) in [5.41, 5.74) is 7.78. The molecule has 18 heavy (non-hydrogen) atoms. The minimum absolute atomic E-state index is 0.640. The van der Waals surface area contributed by atoms with Crippen molar-refractivity contribution in [1.82, 2.24) is 24.2 Å². The number of nitrogens with zero attached hydrogens (tertiary/aromatic N) is 5. The van der Waals surface area contributed by atoms with E-state index < -0.39 is 0 Å². The monoisotopic (exact) mass is 248 g/mol. The molecule has 0 amide bonds. The van der Waals surface area contributed by atoms with Crippen LogP contribution >= 0.6 is 0 Å². The number of aromatic nitrogens is 4. The van der Waals surface area contributed by atoms with Gasteiger partial charge < -0.3 is 10.3 Å². The Hall–Kier alpha value is -1.66. The molecule has 0 atom stereocenters. The molecule has 0 fully saturated rings. The molecule has 0 radical (unpaired) electrons. The fraction of sp³-hybridized carbons (Fsp3) is 0.500. The van der Waals surface area contributed by atoms with Gasteiger partial charge in [0, 0.05) is 51.2 Å². The van der Waals surface area contributed by atoms with Crippen LogP contribution in [0.1, 0.15) is 11.3 Å². The van der Waals surface area contributed by atoms with E-state index in [0.717, 1.165) is 25.3 Å². The fourth-order valence-electron chi connectivity index (χ4n) is 1.96. The molecule has 0 aliphatic carbocycles. The van der Waals surface area contributed by atoms with Crippen LogP contribution in [0.2, 0.25) is 0 Å². The Labute approximate surface area is 107 Å². The lowest BCUT2D eigenvalue weighted by Gasteiger charge is -2.13. The second-order valence-electron chi connectivity index (χ2n) is 4.59. The third kappa shape index (κ3) is 3.41. The predicted molar refractivity (Wildman–Crippen MR) is 69.7 cm³/mol. The van der Waals surface area contributed by atoms with Gasteiger partial charge in [-0.2, -0.15) is 5.10 Å². The van der Waals surface area contributed by atoms with Gasteiger partial charge >= 0.3 is 0 Å². The lowest BCUT2D eigenvalue weighted by Crippen LogP contribution is -2.17. The maximum Gasteiger partial charge on any atom is 0.0950 e. The van der Waals surface area contributed by atoms with Crippen molar-refractivity contribution in [2.24, 2.45) is 12.8 Å². The van der Waals surface area contributed by atoms with Crippen molar-refractivity contribution in [3.05, 3.63) is 36.2 Å². The van der Waals surface area contributed by atoms with E-state index in [1.807, 2.05) is 41.2 Å². The van der Waals surface area contributed by atoms with Crippen molar-refractivity contribution >= 4 is 0 Å². The zero-order valence-electron chi connectivity index (χ0n) is 11.0. The summed E-state index contributed by atoms with van der Waals surface area (Å²) in [6.45, 7) is 3.16. The summed E-state index contributed by atoms with van der Waals surface area (Å²) in [7, 11) is 4.01. The third-order valence-corrected chi connectivity index (χ3v) is 2.72. The van der Waals surface area contributed by atoms with Crippen LogP contribution in [0.15, 0.2) is 24.9 Å². The Balaban J connectivity index is 1.88. The van der Waals surface area contributed by atoms with Gasteiger partial charge in [-0.25, -0.2) is 4.98 Å². The molecule has 6 heteroatoms. The molecule has 6 nitrogen and oxygen atoms in total. The van der Waals surface area contributed by atoms with Crippen LogP contribution < -0.4 is 5.73 Å². The van der Waals surface area contributed by atoms with Gasteiger partial charge in [0.1, 0.15) is 0 Å². The second kappa shape index (κ2) is 5.79. The summed E-state index contributed by atoms with van der Waals surface area (Å²) < 4.78 is 3.84. The Morgan fingerprint density at radius 1 is 1.33 bits per heavy atom. The first-order valence-electron chi connectivity index (χ1n) is 6.04. The van der Waals surface area contributed by atoms with Crippen LogP contribution in [-0.2, 0) is 26.7 Å². The summed E-state index contributed by atoms with van der Waals surface area (Å²) in [6.07, 6.45) is 7.81. The van der Waals surface area contributed by atoms with E-state index in [0.29, 0.717) is 6.54 Å². The van der Waals surface area contributed by atoms with Crippen molar-refractivity contribution in [1.29, 1.82) is 0 Å². The van der Waals surface area contributed by atoms with Gasteiger partial charge in [0.15, 0.2) is 0 Å². The highest BCUT2D eigenvalue weighted by Crippen LogP contribution is 2.05. The average molecular weight is 248 g/mol. The number of nitrogens with two attached hydrogens (primary N) is 1. The van der Waals surface area contributed by atoms with Crippen LogP contribution in [0.5, 0.6) is 0 Å². The Kier molecular flexibility index (Phi) is 4.11. The largest absolute Gasteiger partial charge is 0.336 e. The molecular weight excluding hydrogens is 228 g/mol. The molecule has 0 saturated carbocycles. The lowest BCUT2D eigenvalue weighted by molar-refractivity contribution is 0.315. The van der Waals surface area contributed by atoms with E-state index in [1.165, 1.54) is 5.56 Å². The summed E-state index contributed by atoms with van der Waals surface area (Å²) >= 11 is 0. The van der Waals surface area contributed by atoms with Gasteiger partial charge in [-0.05, 0) is 7.05 Å². The molecule has 2 aromatic heterocycles. The van der Waals surface area contributed by atoms with Crippen LogP contribution in [0.3, 0.4) is 0 Å². The minimum Gasteiger partial charge on any atom is -0.336 e. The van der Waals surface area contributed by atoms with Crippen LogP contribution in [0.4, 0.5) is 0 Å². The predicted octanol–water partition coefficient (Wildman–Crippen LogP) is 0.207. The molecule has 0 aliphatic rings. The first kappa shape index (κ1) is 12.8.